The second-order valence-electron chi connectivity index (χ2n) is 4.31. The molecule has 80 valence electrons. The Morgan fingerprint density at radius 2 is 2.13 bits per heavy atom. The van der Waals surface area contributed by atoms with Gasteiger partial charge in [-0.3, -0.25) is 0 Å². The Hall–Kier alpha value is -0.180. The summed E-state index contributed by atoms with van der Waals surface area (Å²) in [5.41, 5.74) is 1.41. The van der Waals surface area contributed by atoms with E-state index in [9.17, 15) is 0 Å². The summed E-state index contributed by atoms with van der Waals surface area (Å²) in [7, 11) is 0. The second kappa shape index (κ2) is 4.00. The number of hydrogen-bond acceptors (Lipinski definition) is 2. The van der Waals surface area contributed by atoms with Gasteiger partial charge < -0.3 is 5.32 Å². The molecule has 3 heteroatoms. The van der Waals surface area contributed by atoms with E-state index in [0.717, 1.165) is 11.1 Å². The van der Waals surface area contributed by atoms with Gasteiger partial charge in [0.1, 0.15) is 0 Å². The lowest BCUT2D eigenvalue weighted by atomic mass is 10.0. The van der Waals surface area contributed by atoms with E-state index in [4.69, 9.17) is 11.6 Å². The first-order chi connectivity index (χ1) is 7.33. The summed E-state index contributed by atoms with van der Waals surface area (Å²) in [4.78, 5) is 1.41. The summed E-state index contributed by atoms with van der Waals surface area (Å²) >= 11 is 8.01. The maximum Gasteiger partial charge on any atom is 0.0410 e. The maximum atomic E-state index is 6.06. The van der Waals surface area contributed by atoms with E-state index in [2.05, 4.69) is 17.4 Å². The van der Waals surface area contributed by atoms with Gasteiger partial charge in [-0.1, -0.05) is 11.6 Å². The third-order valence-electron chi connectivity index (χ3n) is 3.03. The minimum atomic E-state index is 0.535. The number of nitrogens with one attached hydrogen (secondary N) is 1. The van der Waals surface area contributed by atoms with Gasteiger partial charge in [0.2, 0.25) is 0 Å². The van der Waals surface area contributed by atoms with Crippen LogP contribution in [0.4, 0.5) is 0 Å². The molecule has 1 unspecified atom stereocenters. The highest BCUT2D eigenvalue weighted by Gasteiger charge is 2.28. The van der Waals surface area contributed by atoms with E-state index in [1.165, 1.54) is 35.5 Å². The molecule has 1 aromatic carbocycles. The lowest BCUT2D eigenvalue weighted by molar-refractivity contribution is 0.507. The molecule has 0 radical (unpaired) electrons. The number of thioether (sulfide) groups is 1. The standard InChI is InChI=1S/C12H14ClNS/c13-8-1-4-12-10(7-8)11(5-6-15-12)14-9-2-3-9/h1,4,7,9,11,14H,2-3,5-6H2. The van der Waals surface area contributed by atoms with Crippen molar-refractivity contribution < 1.29 is 0 Å². The molecule has 0 spiro atoms. The Labute approximate surface area is 99.6 Å². The number of fused-ring (bicyclic) bond motifs is 1. The third-order valence-corrected chi connectivity index (χ3v) is 4.38. The summed E-state index contributed by atoms with van der Waals surface area (Å²) in [6, 6.07) is 7.58. The van der Waals surface area contributed by atoms with E-state index < -0.39 is 0 Å². The fraction of sp³-hybridized carbons (Fsp3) is 0.500. The topological polar surface area (TPSA) is 12.0 Å². The molecule has 1 atom stereocenters. The molecule has 1 saturated carbocycles. The molecule has 0 bridgehead atoms. The SMILES string of the molecule is Clc1ccc2c(c1)C(NC1CC1)CCS2. The molecule has 1 nitrogen and oxygen atoms in total. The average Bonchev–Trinajstić information content (AvgIpc) is 3.03. The Morgan fingerprint density at radius 3 is 2.93 bits per heavy atom. The lowest BCUT2D eigenvalue weighted by Gasteiger charge is -2.26. The molecular formula is C12H14ClNS. The number of halogens is 1. The van der Waals surface area contributed by atoms with Gasteiger partial charge in [-0.2, -0.15) is 0 Å². The molecule has 1 aromatic rings. The van der Waals surface area contributed by atoms with Gasteiger partial charge in [-0.25, -0.2) is 0 Å². The largest absolute Gasteiger partial charge is 0.307 e. The average molecular weight is 240 g/mol. The fourth-order valence-corrected chi connectivity index (χ4v) is 3.36. The number of hydrogen-bond donors (Lipinski definition) is 1. The van der Waals surface area contributed by atoms with Gasteiger partial charge in [0.15, 0.2) is 0 Å². The van der Waals surface area contributed by atoms with Crippen molar-refractivity contribution >= 4 is 23.4 Å². The van der Waals surface area contributed by atoms with Crippen molar-refractivity contribution in [3.05, 3.63) is 28.8 Å². The van der Waals surface area contributed by atoms with Gasteiger partial charge in [-0.05, 0) is 48.8 Å². The summed E-state index contributed by atoms with van der Waals surface area (Å²) < 4.78 is 0. The van der Waals surface area contributed by atoms with Crippen LogP contribution >= 0.6 is 23.4 Å². The normalized spacial score (nSPS) is 25.0. The number of rotatable bonds is 2. The molecular weight excluding hydrogens is 226 g/mol. The van der Waals surface area contributed by atoms with Crippen LogP contribution in [0.1, 0.15) is 30.9 Å². The van der Waals surface area contributed by atoms with Gasteiger partial charge in [0, 0.05) is 22.0 Å². The van der Waals surface area contributed by atoms with E-state index in [1.807, 2.05) is 17.8 Å². The first-order valence-corrected chi connectivity index (χ1v) is 6.87. The van der Waals surface area contributed by atoms with Crippen LogP contribution in [-0.2, 0) is 0 Å². The molecule has 15 heavy (non-hydrogen) atoms. The molecule has 1 aliphatic carbocycles. The monoisotopic (exact) mass is 239 g/mol. The minimum absolute atomic E-state index is 0.535. The molecule has 1 N–H and O–H groups in total. The third kappa shape index (κ3) is 2.17. The molecule has 0 amide bonds. The van der Waals surface area contributed by atoms with Crippen LogP contribution in [0.3, 0.4) is 0 Å². The van der Waals surface area contributed by atoms with Gasteiger partial charge in [0.25, 0.3) is 0 Å². The summed E-state index contributed by atoms with van der Waals surface area (Å²) in [6.07, 6.45) is 3.92. The fourth-order valence-electron chi connectivity index (χ4n) is 2.07. The lowest BCUT2D eigenvalue weighted by Crippen LogP contribution is -2.26. The predicted octanol–water partition coefficient (Wildman–Crippen LogP) is 3.63. The van der Waals surface area contributed by atoms with Crippen LogP contribution in [0.25, 0.3) is 0 Å². The van der Waals surface area contributed by atoms with Crippen LogP contribution in [0, 0.1) is 0 Å². The number of benzene rings is 1. The molecule has 3 rings (SSSR count). The quantitative estimate of drug-likeness (QED) is 0.846. The van der Waals surface area contributed by atoms with Gasteiger partial charge in [0.05, 0.1) is 0 Å². The van der Waals surface area contributed by atoms with Crippen LogP contribution < -0.4 is 5.32 Å². The summed E-state index contributed by atoms with van der Waals surface area (Å²) in [5, 5.41) is 4.56. The molecule has 1 aliphatic heterocycles. The zero-order valence-corrected chi connectivity index (χ0v) is 10.1. The van der Waals surface area contributed by atoms with E-state index in [0.29, 0.717) is 6.04 Å². The summed E-state index contributed by atoms with van der Waals surface area (Å²) in [5.74, 6) is 1.22. The van der Waals surface area contributed by atoms with Crippen LogP contribution in [0.15, 0.2) is 23.1 Å². The predicted molar refractivity (Wildman–Crippen MR) is 65.7 cm³/mol. The zero-order valence-electron chi connectivity index (χ0n) is 8.50. The molecule has 0 saturated heterocycles. The maximum absolute atomic E-state index is 6.06. The van der Waals surface area contributed by atoms with Crippen molar-refractivity contribution in [2.75, 3.05) is 5.75 Å². The Kier molecular flexibility index (Phi) is 2.67. The molecule has 1 heterocycles. The molecule has 2 aliphatic rings. The highest BCUT2D eigenvalue weighted by atomic mass is 35.5. The van der Waals surface area contributed by atoms with Crippen molar-refractivity contribution in [1.82, 2.24) is 5.32 Å². The van der Waals surface area contributed by atoms with Crippen molar-refractivity contribution in [2.24, 2.45) is 0 Å². The van der Waals surface area contributed by atoms with E-state index in [-0.39, 0.29) is 0 Å². The Morgan fingerprint density at radius 1 is 1.27 bits per heavy atom. The molecule has 0 aromatic heterocycles. The van der Waals surface area contributed by atoms with Gasteiger partial charge in [-0.15, -0.1) is 11.8 Å². The van der Waals surface area contributed by atoms with Crippen molar-refractivity contribution in [2.45, 2.75) is 36.2 Å². The second-order valence-corrected chi connectivity index (χ2v) is 5.89. The highest BCUT2D eigenvalue weighted by Crippen LogP contribution is 2.39. The minimum Gasteiger partial charge on any atom is -0.307 e. The Bertz CT molecular complexity index is 376. The van der Waals surface area contributed by atoms with Crippen LogP contribution in [-0.4, -0.2) is 11.8 Å². The van der Waals surface area contributed by atoms with Crippen molar-refractivity contribution in [3.63, 3.8) is 0 Å². The first-order valence-electron chi connectivity index (χ1n) is 5.51. The van der Waals surface area contributed by atoms with Crippen LogP contribution in [0.2, 0.25) is 5.02 Å². The summed E-state index contributed by atoms with van der Waals surface area (Å²) in [6.45, 7) is 0. The zero-order chi connectivity index (χ0) is 10.3. The highest BCUT2D eigenvalue weighted by molar-refractivity contribution is 7.99. The van der Waals surface area contributed by atoms with Gasteiger partial charge >= 0.3 is 0 Å². The van der Waals surface area contributed by atoms with Crippen molar-refractivity contribution in [3.8, 4) is 0 Å². The first kappa shape index (κ1) is 10.0. The molecule has 1 fully saturated rings. The van der Waals surface area contributed by atoms with Crippen molar-refractivity contribution in [1.29, 1.82) is 0 Å². The van der Waals surface area contributed by atoms with Crippen LogP contribution in [0.5, 0.6) is 0 Å². The Balaban J connectivity index is 1.89. The van der Waals surface area contributed by atoms with E-state index >= 15 is 0 Å². The van der Waals surface area contributed by atoms with E-state index in [1.54, 1.807) is 0 Å². The smallest absolute Gasteiger partial charge is 0.0410 e.